The van der Waals surface area contributed by atoms with E-state index in [1.165, 1.54) is 6.20 Å². The van der Waals surface area contributed by atoms with Gasteiger partial charge in [0.05, 0.1) is 5.02 Å². The smallest absolute Gasteiger partial charge is 0.320 e. The van der Waals surface area contributed by atoms with E-state index in [0.717, 1.165) is 0 Å². The first kappa shape index (κ1) is 9.95. The predicted octanol–water partition coefficient (Wildman–Crippen LogP) is 0.689. The molecule has 0 bridgehead atoms. The molecule has 0 amide bonds. The van der Waals surface area contributed by atoms with E-state index in [2.05, 4.69) is 4.98 Å². The molecule has 3 N–H and O–H groups in total. The number of nitrogens with two attached hydrogens (primary N) is 1. The molecule has 4 nitrogen and oxygen atoms in total. The van der Waals surface area contributed by atoms with Crippen LogP contribution < -0.4 is 5.73 Å². The van der Waals surface area contributed by atoms with Crippen LogP contribution in [0.15, 0.2) is 18.3 Å². The number of nitrogens with zero attached hydrogens (tertiary/aromatic N) is 1. The lowest BCUT2D eigenvalue weighted by atomic mass is 10.1. The summed E-state index contributed by atoms with van der Waals surface area (Å²) in [5, 5.41) is 9.04. The van der Waals surface area contributed by atoms with Crippen molar-refractivity contribution < 1.29 is 9.90 Å². The Morgan fingerprint density at radius 2 is 2.38 bits per heavy atom. The van der Waals surface area contributed by atoms with E-state index in [1.807, 2.05) is 0 Å². The zero-order valence-corrected chi connectivity index (χ0v) is 7.53. The molecule has 1 aromatic heterocycles. The van der Waals surface area contributed by atoms with Crippen LogP contribution in [0, 0.1) is 0 Å². The first-order valence-corrected chi connectivity index (χ1v) is 4.06. The number of carboxylic acid groups (broad SMARTS) is 1. The van der Waals surface area contributed by atoms with E-state index >= 15 is 0 Å². The fraction of sp³-hybridized carbons (Fsp3) is 0.250. The fourth-order valence-electron chi connectivity index (χ4n) is 0.840. The Morgan fingerprint density at radius 3 is 2.85 bits per heavy atom. The molecule has 0 saturated carbocycles. The highest BCUT2D eigenvalue weighted by atomic mass is 35.5. The van der Waals surface area contributed by atoms with Crippen LogP contribution in [0.4, 0.5) is 0 Å². The summed E-state index contributed by atoms with van der Waals surface area (Å²) in [6.07, 6.45) is 1.68. The number of hydrogen-bond donors (Lipinski definition) is 2. The minimum Gasteiger partial charge on any atom is -0.480 e. The fourth-order valence-corrected chi connectivity index (χ4v) is 0.952. The number of aromatic nitrogens is 1. The summed E-state index contributed by atoms with van der Waals surface area (Å²) >= 11 is 5.60. The summed E-state index contributed by atoms with van der Waals surface area (Å²) in [6, 6.07) is 2.40. The third kappa shape index (κ3) is 3.01. The summed E-state index contributed by atoms with van der Waals surface area (Å²) in [4.78, 5) is 14.3. The Labute approximate surface area is 80.3 Å². The van der Waals surface area contributed by atoms with Crippen LogP contribution in [0.2, 0.25) is 5.02 Å². The lowest BCUT2D eigenvalue weighted by Crippen LogP contribution is -2.32. The van der Waals surface area contributed by atoms with Crippen molar-refractivity contribution in [1.82, 2.24) is 4.98 Å². The first-order valence-electron chi connectivity index (χ1n) is 3.68. The average molecular weight is 201 g/mol. The Bertz CT molecular complexity index is 300. The summed E-state index contributed by atoms with van der Waals surface area (Å²) in [6.45, 7) is 0. The standard InChI is InChI=1S/C8H9ClN2O2/c9-5-1-2-6(11-4-5)3-7(10)8(12)13/h1-2,4,7H,3,10H2,(H,12,13). The SMILES string of the molecule is NC(Cc1ccc(Cl)cn1)C(=O)O. The molecule has 0 aromatic carbocycles. The number of pyridine rings is 1. The van der Waals surface area contributed by atoms with Gasteiger partial charge in [-0.3, -0.25) is 9.78 Å². The molecule has 13 heavy (non-hydrogen) atoms. The second-order valence-corrected chi connectivity index (χ2v) is 3.05. The first-order chi connectivity index (χ1) is 6.09. The van der Waals surface area contributed by atoms with Gasteiger partial charge in [-0.05, 0) is 12.1 Å². The molecule has 0 fully saturated rings. The van der Waals surface area contributed by atoms with Crippen molar-refractivity contribution in [3.05, 3.63) is 29.0 Å². The van der Waals surface area contributed by atoms with E-state index in [4.69, 9.17) is 22.4 Å². The monoisotopic (exact) mass is 200 g/mol. The van der Waals surface area contributed by atoms with Crippen molar-refractivity contribution in [2.24, 2.45) is 5.73 Å². The van der Waals surface area contributed by atoms with Gasteiger partial charge in [0.2, 0.25) is 0 Å². The molecule has 1 rings (SSSR count). The maximum Gasteiger partial charge on any atom is 0.320 e. The maximum atomic E-state index is 10.4. The van der Waals surface area contributed by atoms with Gasteiger partial charge in [-0.15, -0.1) is 0 Å². The van der Waals surface area contributed by atoms with Gasteiger partial charge >= 0.3 is 5.97 Å². The van der Waals surface area contributed by atoms with Crippen LogP contribution in [0.1, 0.15) is 5.69 Å². The Kier molecular flexibility index (Phi) is 3.22. The molecule has 1 aromatic rings. The molecular formula is C8H9ClN2O2. The normalized spacial score (nSPS) is 12.5. The molecule has 0 spiro atoms. The Balaban J connectivity index is 2.64. The predicted molar refractivity (Wildman–Crippen MR) is 48.6 cm³/mol. The van der Waals surface area contributed by atoms with Crippen LogP contribution in [0.5, 0.6) is 0 Å². The summed E-state index contributed by atoms with van der Waals surface area (Å²) < 4.78 is 0. The molecule has 0 aliphatic rings. The highest BCUT2D eigenvalue weighted by molar-refractivity contribution is 6.30. The number of halogens is 1. The molecule has 5 heteroatoms. The molecule has 0 radical (unpaired) electrons. The second kappa shape index (κ2) is 4.20. The van der Waals surface area contributed by atoms with Crippen molar-refractivity contribution in [3.8, 4) is 0 Å². The average Bonchev–Trinajstić information content (AvgIpc) is 2.08. The molecule has 0 aliphatic carbocycles. The van der Waals surface area contributed by atoms with Crippen LogP contribution >= 0.6 is 11.6 Å². The highest BCUT2D eigenvalue weighted by Crippen LogP contribution is 2.07. The summed E-state index contributed by atoms with van der Waals surface area (Å²) in [5.74, 6) is -1.03. The lowest BCUT2D eigenvalue weighted by Gasteiger charge is -2.04. The molecule has 1 heterocycles. The van der Waals surface area contributed by atoms with Gasteiger partial charge in [0.1, 0.15) is 6.04 Å². The third-order valence-electron chi connectivity index (χ3n) is 1.53. The van der Waals surface area contributed by atoms with Crippen molar-refractivity contribution in [2.75, 3.05) is 0 Å². The Hall–Kier alpha value is -1.13. The van der Waals surface area contributed by atoms with E-state index in [1.54, 1.807) is 12.1 Å². The largest absolute Gasteiger partial charge is 0.480 e. The van der Waals surface area contributed by atoms with Crippen LogP contribution in [0.3, 0.4) is 0 Å². The molecule has 1 unspecified atom stereocenters. The number of hydrogen-bond acceptors (Lipinski definition) is 3. The van der Waals surface area contributed by atoms with Crippen molar-refractivity contribution in [2.45, 2.75) is 12.5 Å². The summed E-state index contributed by atoms with van der Waals surface area (Å²) in [7, 11) is 0. The molecule has 0 aliphatic heterocycles. The zero-order valence-electron chi connectivity index (χ0n) is 6.77. The minimum absolute atomic E-state index is 0.215. The van der Waals surface area contributed by atoms with Crippen LogP contribution in [-0.4, -0.2) is 22.1 Å². The van der Waals surface area contributed by atoms with Gasteiger partial charge in [-0.25, -0.2) is 0 Å². The van der Waals surface area contributed by atoms with Gasteiger partial charge < -0.3 is 10.8 Å². The summed E-state index contributed by atoms with van der Waals surface area (Å²) in [5.41, 5.74) is 5.94. The van der Waals surface area contributed by atoms with Crippen LogP contribution in [-0.2, 0) is 11.2 Å². The molecule has 1 atom stereocenters. The lowest BCUT2D eigenvalue weighted by molar-refractivity contribution is -0.138. The van der Waals surface area contributed by atoms with Crippen LogP contribution in [0.25, 0.3) is 0 Å². The van der Waals surface area contributed by atoms with Gasteiger partial charge in [-0.1, -0.05) is 11.6 Å². The van der Waals surface area contributed by atoms with Gasteiger partial charge in [0.25, 0.3) is 0 Å². The highest BCUT2D eigenvalue weighted by Gasteiger charge is 2.12. The topological polar surface area (TPSA) is 76.2 Å². The third-order valence-corrected chi connectivity index (χ3v) is 1.76. The van der Waals surface area contributed by atoms with E-state index in [0.29, 0.717) is 10.7 Å². The van der Waals surface area contributed by atoms with Gasteiger partial charge in [-0.2, -0.15) is 0 Å². The molecular weight excluding hydrogens is 192 g/mol. The number of rotatable bonds is 3. The zero-order chi connectivity index (χ0) is 9.84. The Morgan fingerprint density at radius 1 is 1.69 bits per heavy atom. The van der Waals surface area contributed by atoms with Crippen molar-refractivity contribution >= 4 is 17.6 Å². The van der Waals surface area contributed by atoms with E-state index in [-0.39, 0.29) is 6.42 Å². The number of carboxylic acids is 1. The molecule has 0 saturated heterocycles. The van der Waals surface area contributed by atoms with Crippen molar-refractivity contribution in [1.29, 1.82) is 0 Å². The van der Waals surface area contributed by atoms with Crippen molar-refractivity contribution in [3.63, 3.8) is 0 Å². The molecule has 70 valence electrons. The van der Waals surface area contributed by atoms with Gasteiger partial charge in [0.15, 0.2) is 0 Å². The van der Waals surface area contributed by atoms with Gasteiger partial charge in [0, 0.05) is 18.3 Å². The second-order valence-electron chi connectivity index (χ2n) is 2.62. The van der Waals surface area contributed by atoms with E-state index < -0.39 is 12.0 Å². The van der Waals surface area contributed by atoms with E-state index in [9.17, 15) is 4.79 Å². The number of aliphatic carboxylic acids is 1. The number of carbonyl (C=O) groups is 1. The maximum absolute atomic E-state index is 10.4. The minimum atomic E-state index is -1.03. The quantitative estimate of drug-likeness (QED) is 0.753.